The molecule has 3 rings (SSSR count). The molecule has 23 heavy (non-hydrogen) atoms. The lowest BCUT2D eigenvalue weighted by Crippen LogP contribution is -2.53. The lowest BCUT2D eigenvalue weighted by atomic mass is 9.75. The van der Waals surface area contributed by atoms with E-state index in [1.807, 2.05) is 20.8 Å². The van der Waals surface area contributed by atoms with Crippen LogP contribution in [-0.2, 0) is 9.53 Å². The van der Waals surface area contributed by atoms with E-state index >= 15 is 0 Å². The summed E-state index contributed by atoms with van der Waals surface area (Å²) >= 11 is 0. The minimum Gasteiger partial charge on any atom is -0.373 e. The lowest BCUT2D eigenvalue weighted by molar-refractivity contribution is -0.137. The van der Waals surface area contributed by atoms with Crippen molar-refractivity contribution < 1.29 is 14.3 Å². The first-order valence-electron chi connectivity index (χ1n) is 8.92. The maximum Gasteiger partial charge on any atom is 0.326 e. The van der Waals surface area contributed by atoms with E-state index in [9.17, 15) is 9.59 Å². The van der Waals surface area contributed by atoms with Crippen molar-refractivity contribution in [3.05, 3.63) is 0 Å². The smallest absolute Gasteiger partial charge is 0.326 e. The van der Waals surface area contributed by atoms with Gasteiger partial charge in [0.05, 0.1) is 18.9 Å². The fourth-order valence-electron chi connectivity index (χ4n) is 4.40. The largest absolute Gasteiger partial charge is 0.373 e. The molecular weight excluding hydrogens is 294 g/mol. The fraction of sp³-hybridized carbons (Fsp3) is 0.882. The van der Waals surface area contributed by atoms with Crippen molar-refractivity contribution in [1.29, 1.82) is 0 Å². The SMILES string of the molecule is C[C@@H]1CN(CN2C(=O)N[C@@](C)(C3CCCCC3)C2=O)C[C@H](C)O1. The highest BCUT2D eigenvalue weighted by atomic mass is 16.5. The van der Waals surface area contributed by atoms with E-state index in [2.05, 4.69) is 10.2 Å². The Morgan fingerprint density at radius 3 is 2.35 bits per heavy atom. The zero-order valence-corrected chi connectivity index (χ0v) is 14.5. The molecule has 1 saturated carbocycles. The molecule has 1 aliphatic carbocycles. The second-order valence-electron chi connectivity index (χ2n) is 7.64. The molecule has 6 nitrogen and oxygen atoms in total. The first kappa shape index (κ1) is 16.7. The van der Waals surface area contributed by atoms with Gasteiger partial charge in [0.2, 0.25) is 0 Å². The van der Waals surface area contributed by atoms with Crippen LogP contribution in [0.3, 0.4) is 0 Å². The van der Waals surface area contributed by atoms with Crippen LogP contribution in [0.2, 0.25) is 0 Å². The van der Waals surface area contributed by atoms with Gasteiger partial charge in [0, 0.05) is 13.1 Å². The van der Waals surface area contributed by atoms with Gasteiger partial charge in [-0.3, -0.25) is 9.69 Å². The van der Waals surface area contributed by atoms with Crippen molar-refractivity contribution in [2.24, 2.45) is 5.92 Å². The van der Waals surface area contributed by atoms with E-state index in [4.69, 9.17) is 4.74 Å². The number of hydrogen-bond donors (Lipinski definition) is 1. The second-order valence-corrected chi connectivity index (χ2v) is 7.64. The monoisotopic (exact) mass is 323 g/mol. The lowest BCUT2D eigenvalue weighted by Gasteiger charge is -2.37. The number of hydrogen-bond acceptors (Lipinski definition) is 4. The van der Waals surface area contributed by atoms with Crippen molar-refractivity contribution in [3.8, 4) is 0 Å². The van der Waals surface area contributed by atoms with Gasteiger partial charge in [-0.2, -0.15) is 0 Å². The van der Waals surface area contributed by atoms with E-state index in [-0.39, 0.29) is 30.1 Å². The summed E-state index contributed by atoms with van der Waals surface area (Å²) in [4.78, 5) is 28.9. The van der Waals surface area contributed by atoms with Crippen LogP contribution in [0.1, 0.15) is 52.9 Å². The molecule has 1 N–H and O–H groups in total. The number of ether oxygens (including phenoxy) is 1. The number of morpholine rings is 1. The maximum absolute atomic E-state index is 13.0. The molecule has 130 valence electrons. The Hall–Kier alpha value is -1.14. The first-order valence-corrected chi connectivity index (χ1v) is 8.92. The second kappa shape index (κ2) is 6.40. The van der Waals surface area contributed by atoms with Crippen LogP contribution in [0, 0.1) is 5.92 Å². The molecule has 0 aromatic rings. The highest BCUT2D eigenvalue weighted by molar-refractivity contribution is 6.07. The number of carbonyl (C=O) groups is 2. The summed E-state index contributed by atoms with van der Waals surface area (Å²) in [7, 11) is 0. The number of nitrogens with zero attached hydrogens (tertiary/aromatic N) is 2. The predicted molar refractivity (Wildman–Crippen MR) is 86.8 cm³/mol. The van der Waals surface area contributed by atoms with Crippen molar-refractivity contribution in [2.75, 3.05) is 19.8 Å². The highest BCUT2D eigenvalue weighted by Gasteiger charge is 2.52. The summed E-state index contributed by atoms with van der Waals surface area (Å²) in [5.74, 6) is 0.210. The summed E-state index contributed by atoms with van der Waals surface area (Å²) in [6, 6.07) is -0.241. The van der Waals surface area contributed by atoms with Crippen LogP contribution < -0.4 is 5.32 Å². The molecule has 2 aliphatic heterocycles. The standard InChI is InChI=1S/C17H29N3O3/c1-12-9-19(10-13(2)23-12)11-20-15(21)17(3,18-16(20)22)14-7-5-4-6-8-14/h12-14H,4-11H2,1-3H3,(H,18,22)/t12-,13+,17-/m0/s1. The molecule has 0 aromatic heterocycles. The summed E-state index contributed by atoms with van der Waals surface area (Å²) in [6.45, 7) is 7.84. The van der Waals surface area contributed by atoms with Gasteiger partial charge in [-0.15, -0.1) is 0 Å². The Bertz CT molecular complexity index is 468. The summed E-state index contributed by atoms with van der Waals surface area (Å²) in [5.41, 5.74) is -0.721. The summed E-state index contributed by atoms with van der Waals surface area (Å²) in [5, 5.41) is 2.99. The van der Waals surface area contributed by atoms with Gasteiger partial charge in [-0.1, -0.05) is 19.3 Å². The zero-order valence-electron chi connectivity index (χ0n) is 14.5. The van der Waals surface area contributed by atoms with Crippen LogP contribution >= 0.6 is 0 Å². The number of rotatable bonds is 3. The van der Waals surface area contributed by atoms with Crippen molar-refractivity contribution in [1.82, 2.24) is 15.1 Å². The minimum absolute atomic E-state index is 0.0544. The number of amides is 3. The minimum atomic E-state index is -0.721. The Morgan fingerprint density at radius 1 is 1.13 bits per heavy atom. The van der Waals surface area contributed by atoms with E-state index in [0.29, 0.717) is 6.67 Å². The summed E-state index contributed by atoms with van der Waals surface area (Å²) < 4.78 is 5.72. The molecule has 3 amide bonds. The van der Waals surface area contributed by atoms with Gasteiger partial charge in [-0.25, -0.2) is 9.69 Å². The zero-order chi connectivity index (χ0) is 16.6. The van der Waals surface area contributed by atoms with Crippen molar-refractivity contribution in [2.45, 2.75) is 70.6 Å². The Morgan fingerprint density at radius 2 is 1.74 bits per heavy atom. The van der Waals surface area contributed by atoms with Crippen LogP contribution in [-0.4, -0.2) is 59.2 Å². The first-order chi connectivity index (χ1) is 10.9. The third-order valence-corrected chi connectivity index (χ3v) is 5.56. The van der Waals surface area contributed by atoms with Crippen LogP contribution in [0.25, 0.3) is 0 Å². The van der Waals surface area contributed by atoms with Crippen LogP contribution in [0.15, 0.2) is 0 Å². The summed E-state index contributed by atoms with van der Waals surface area (Å²) in [6.07, 6.45) is 5.86. The molecule has 0 bridgehead atoms. The van der Waals surface area contributed by atoms with Crippen LogP contribution in [0.4, 0.5) is 4.79 Å². The van der Waals surface area contributed by atoms with E-state index in [1.165, 1.54) is 11.3 Å². The molecule has 2 heterocycles. The maximum atomic E-state index is 13.0. The van der Waals surface area contributed by atoms with Gasteiger partial charge in [0.15, 0.2) is 0 Å². The third kappa shape index (κ3) is 3.24. The number of imide groups is 1. The Kier molecular flexibility index (Phi) is 4.65. The predicted octanol–water partition coefficient (Wildman–Crippen LogP) is 1.94. The molecular formula is C17H29N3O3. The highest BCUT2D eigenvalue weighted by Crippen LogP contribution is 2.36. The molecule has 6 heteroatoms. The molecule has 0 aromatic carbocycles. The number of carbonyl (C=O) groups excluding carboxylic acids is 2. The van der Waals surface area contributed by atoms with Gasteiger partial charge in [-0.05, 0) is 39.5 Å². The van der Waals surface area contributed by atoms with E-state index < -0.39 is 5.54 Å². The van der Waals surface area contributed by atoms with Gasteiger partial charge < -0.3 is 10.1 Å². The normalized spacial score (nSPS) is 37.3. The van der Waals surface area contributed by atoms with Crippen molar-refractivity contribution in [3.63, 3.8) is 0 Å². The third-order valence-electron chi connectivity index (χ3n) is 5.56. The Labute approximate surface area is 138 Å². The number of nitrogens with one attached hydrogen (secondary N) is 1. The quantitative estimate of drug-likeness (QED) is 0.806. The number of urea groups is 1. The molecule has 3 aliphatic rings. The average Bonchev–Trinajstić information content (AvgIpc) is 2.72. The molecule has 3 fully saturated rings. The average molecular weight is 323 g/mol. The molecule has 0 radical (unpaired) electrons. The molecule has 3 atom stereocenters. The Balaban J connectivity index is 1.68. The topological polar surface area (TPSA) is 61.9 Å². The van der Waals surface area contributed by atoms with Crippen LogP contribution in [0.5, 0.6) is 0 Å². The van der Waals surface area contributed by atoms with E-state index in [0.717, 1.165) is 38.8 Å². The molecule has 0 unspecified atom stereocenters. The molecule has 0 spiro atoms. The van der Waals surface area contributed by atoms with Gasteiger partial charge in [0.1, 0.15) is 5.54 Å². The van der Waals surface area contributed by atoms with Gasteiger partial charge in [0.25, 0.3) is 5.91 Å². The fourth-order valence-corrected chi connectivity index (χ4v) is 4.40. The van der Waals surface area contributed by atoms with Crippen molar-refractivity contribution >= 4 is 11.9 Å². The van der Waals surface area contributed by atoms with Gasteiger partial charge >= 0.3 is 6.03 Å². The van der Waals surface area contributed by atoms with E-state index in [1.54, 1.807) is 0 Å². The molecule has 2 saturated heterocycles.